The first-order valence-corrected chi connectivity index (χ1v) is 13.7. The minimum atomic E-state index is -3.65. The predicted octanol–water partition coefficient (Wildman–Crippen LogP) is 2.58. The number of rotatable bonds is 7. The number of hydrogen-bond donors (Lipinski definition) is 1. The molecular weight excluding hydrogens is 446 g/mol. The van der Waals surface area contributed by atoms with Crippen LogP contribution in [-0.2, 0) is 14.8 Å². The van der Waals surface area contributed by atoms with Crippen LogP contribution in [0.1, 0.15) is 39.5 Å². The van der Waals surface area contributed by atoms with Crippen LogP contribution in [0.2, 0.25) is 0 Å². The largest absolute Gasteiger partial charge is 0.356 e. The molecule has 0 aliphatic carbocycles. The fraction of sp³-hybridized carbons (Fsp3) is 0.682. The van der Waals surface area contributed by atoms with E-state index in [0.717, 1.165) is 49.6 Å². The monoisotopic (exact) mass is 479 g/mol. The first kappa shape index (κ1) is 23.5. The highest BCUT2D eigenvalue weighted by Crippen LogP contribution is 2.28. The van der Waals surface area contributed by atoms with Gasteiger partial charge >= 0.3 is 0 Å². The number of piperidine rings is 2. The molecule has 2 aliphatic rings. The Labute approximate surface area is 194 Å². The van der Waals surface area contributed by atoms with E-state index in [4.69, 9.17) is 0 Å². The van der Waals surface area contributed by atoms with E-state index in [1.54, 1.807) is 18.2 Å². The first-order chi connectivity index (χ1) is 15.3. The molecule has 0 spiro atoms. The van der Waals surface area contributed by atoms with Crippen LogP contribution in [0.15, 0.2) is 23.1 Å². The van der Waals surface area contributed by atoms with Crippen LogP contribution in [0.5, 0.6) is 0 Å². The van der Waals surface area contributed by atoms with Crippen LogP contribution in [0.3, 0.4) is 0 Å². The van der Waals surface area contributed by atoms with Gasteiger partial charge in [-0.2, -0.15) is 13.1 Å². The van der Waals surface area contributed by atoms with Gasteiger partial charge in [-0.05, 0) is 56.2 Å². The summed E-state index contributed by atoms with van der Waals surface area (Å²) in [4.78, 5) is 15.3. The maximum absolute atomic E-state index is 13.1. The zero-order valence-electron chi connectivity index (χ0n) is 18.9. The molecule has 1 N–H and O–H groups in total. The predicted molar refractivity (Wildman–Crippen MR) is 126 cm³/mol. The highest BCUT2D eigenvalue weighted by molar-refractivity contribution is 7.89. The number of amides is 1. The lowest BCUT2D eigenvalue weighted by molar-refractivity contribution is -0.126. The van der Waals surface area contributed by atoms with Crippen LogP contribution in [0.25, 0.3) is 11.0 Å². The Balaban J connectivity index is 1.24. The number of nitrogens with one attached hydrogen (secondary N) is 1. The SMILES string of the molecule is C[C@H]1C[C@H](C)CN(CCCNC(=O)C2CCN(S(=O)(=O)c3cccc4nsnc34)CC2)C1. The van der Waals surface area contributed by atoms with Gasteiger partial charge in [-0.3, -0.25) is 4.79 Å². The molecule has 0 saturated carbocycles. The number of benzene rings is 1. The zero-order chi connectivity index (χ0) is 22.7. The van der Waals surface area contributed by atoms with Crippen molar-refractivity contribution in [3.8, 4) is 0 Å². The van der Waals surface area contributed by atoms with Crippen molar-refractivity contribution >= 4 is 38.7 Å². The Bertz CT molecular complexity index is 1020. The smallest absolute Gasteiger partial charge is 0.245 e. The van der Waals surface area contributed by atoms with Crippen molar-refractivity contribution in [2.75, 3.05) is 39.3 Å². The number of aromatic nitrogens is 2. The fourth-order valence-corrected chi connectivity index (χ4v) is 7.34. The summed E-state index contributed by atoms with van der Waals surface area (Å²) in [7, 11) is -3.65. The minimum Gasteiger partial charge on any atom is -0.356 e. The second kappa shape index (κ2) is 10.1. The maximum atomic E-state index is 13.1. The third-order valence-corrected chi connectivity index (χ3v) is 9.06. The summed E-state index contributed by atoms with van der Waals surface area (Å²) in [6.07, 6.45) is 3.33. The number of nitrogens with zero attached hydrogens (tertiary/aromatic N) is 4. The molecule has 2 aliphatic heterocycles. The summed E-state index contributed by atoms with van der Waals surface area (Å²) in [5.41, 5.74) is 1.02. The summed E-state index contributed by atoms with van der Waals surface area (Å²) < 4.78 is 36.1. The topological polar surface area (TPSA) is 95.5 Å². The van der Waals surface area contributed by atoms with E-state index in [1.165, 1.54) is 10.7 Å². The van der Waals surface area contributed by atoms with Crippen molar-refractivity contribution < 1.29 is 13.2 Å². The van der Waals surface area contributed by atoms with Crippen LogP contribution in [0, 0.1) is 17.8 Å². The Hall–Kier alpha value is -1.62. The second-order valence-corrected chi connectivity index (χ2v) is 11.9. The summed E-state index contributed by atoms with van der Waals surface area (Å²) >= 11 is 1.01. The number of carbonyl (C=O) groups is 1. The van der Waals surface area contributed by atoms with Crippen molar-refractivity contribution in [3.05, 3.63) is 18.2 Å². The molecule has 2 fully saturated rings. The lowest BCUT2D eigenvalue weighted by Crippen LogP contribution is -2.43. The lowest BCUT2D eigenvalue weighted by Gasteiger charge is -2.35. The molecular formula is C22H33N5O3S2. The summed E-state index contributed by atoms with van der Waals surface area (Å²) in [5.74, 6) is 1.41. The van der Waals surface area contributed by atoms with Crippen LogP contribution < -0.4 is 5.32 Å². The lowest BCUT2D eigenvalue weighted by atomic mass is 9.92. The number of sulfonamides is 1. The van der Waals surface area contributed by atoms with Gasteiger partial charge in [-0.25, -0.2) is 8.42 Å². The average molecular weight is 480 g/mol. The molecule has 2 saturated heterocycles. The van der Waals surface area contributed by atoms with Crippen molar-refractivity contribution in [2.45, 2.75) is 44.4 Å². The van der Waals surface area contributed by atoms with Crippen LogP contribution in [0.4, 0.5) is 0 Å². The summed E-state index contributed by atoms with van der Waals surface area (Å²) in [6, 6.07) is 5.05. The number of carbonyl (C=O) groups excluding carboxylic acids is 1. The quantitative estimate of drug-likeness (QED) is 0.614. The van der Waals surface area contributed by atoms with Gasteiger partial charge in [0.2, 0.25) is 15.9 Å². The van der Waals surface area contributed by atoms with Crippen molar-refractivity contribution in [1.29, 1.82) is 0 Å². The Morgan fingerprint density at radius 2 is 1.88 bits per heavy atom. The molecule has 176 valence electrons. The Morgan fingerprint density at radius 1 is 1.16 bits per heavy atom. The average Bonchev–Trinajstić information content (AvgIpc) is 3.25. The van der Waals surface area contributed by atoms with Gasteiger partial charge in [-0.1, -0.05) is 19.9 Å². The Morgan fingerprint density at radius 3 is 2.59 bits per heavy atom. The molecule has 4 rings (SSSR count). The molecule has 2 atom stereocenters. The molecule has 0 radical (unpaired) electrons. The molecule has 2 aromatic rings. The van der Waals surface area contributed by atoms with E-state index in [2.05, 4.69) is 32.8 Å². The third-order valence-electron chi connectivity index (χ3n) is 6.59. The molecule has 0 unspecified atom stereocenters. The number of fused-ring (bicyclic) bond motifs is 1. The van der Waals surface area contributed by atoms with E-state index in [0.29, 0.717) is 43.5 Å². The number of hydrogen-bond acceptors (Lipinski definition) is 7. The molecule has 1 aromatic carbocycles. The number of likely N-dealkylation sites (tertiary alicyclic amines) is 1. The van der Waals surface area contributed by atoms with Crippen molar-refractivity contribution in [2.24, 2.45) is 17.8 Å². The van der Waals surface area contributed by atoms with Gasteiger partial charge < -0.3 is 10.2 Å². The third kappa shape index (κ3) is 5.30. The first-order valence-electron chi connectivity index (χ1n) is 11.6. The van der Waals surface area contributed by atoms with Crippen molar-refractivity contribution in [1.82, 2.24) is 23.3 Å². The summed E-state index contributed by atoms with van der Waals surface area (Å²) in [6.45, 7) is 9.30. The second-order valence-electron chi connectivity index (χ2n) is 9.42. The standard InChI is InChI=1S/C22H33N5O3S2/c1-16-13-17(2)15-26(14-16)10-4-9-23-22(28)18-7-11-27(12-8-18)32(29,30)20-6-3-5-19-21(20)25-31-24-19/h3,5-6,16-18H,4,7-15H2,1-2H3,(H,23,28)/t16-,17-/m0/s1. The minimum absolute atomic E-state index is 0.0493. The highest BCUT2D eigenvalue weighted by atomic mass is 32.2. The van der Waals surface area contributed by atoms with Gasteiger partial charge in [0.1, 0.15) is 15.9 Å². The van der Waals surface area contributed by atoms with Gasteiger partial charge in [0.15, 0.2) is 0 Å². The summed E-state index contributed by atoms with van der Waals surface area (Å²) in [5, 5.41) is 3.07. The molecule has 32 heavy (non-hydrogen) atoms. The maximum Gasteiger partial charge on any atom is 0.245 e. The van der Waals surface area contributed by atoms with Crippen molar-refractivity contribution in [3.63, 3.8) is 0 Å². The van der Waals surface area contributed by atoms with Crippen LogP contribution >= 0.6 is 11.7 Å². The molecule has 1 aromatic heterocycles. The van der Waals surface area contributed by atoms with E-state index < -0.39 is 10.0 Å². The van der Waals surface area contributed by atoms with Gasteiger partial charge in [0, 0.05) is 38.6 Å². The molecule has 1 amide bonds. The molecule has 10 heteroatoms. The van der Waals surface area contributed by atoms with Crippen LogP contribution in [-0.4, -0.2) is 71.5 Å². The normalized spacial score (nSPS) is 24.1. The van der Waals surface area contributed by atoms with E-state index in [1.807, 2.05) is 0 Å². The van der Waals surface area contributed by atoms with Gasteiger partial charge in [0.25, 0.3) is 0 Å². The Kier molecular flexibility index (Phi) is 7.44. The molecule has 3 heterocycles. The van der Waals surface area contributed by atoms with Gasteiger partial charge in [-0.15, -0.1) is 0 Å². The zero-order valence-corrected chi connectivity index (χ0v) is 20.5. The van der Waals surface area contributed by atoms with E-state index in [-0.39, 0.29) is 16.7 Å². The molecule has 0 bridgehead atoms. The molecule has 8 nitrogen and oxygen atoms in total. The fourth-order valence-electron chi connectivity index (χ4n) is 5.12. The van der Waals surface area contributed by atoms with Gasteiger partial charge in [0.05, 0.1) is 11.7 Å². The highest BCUT2D eigenvalue weighted by Gasteiger charge is 2.33. The van der Waals surface area contributed by atoms with E-state index >= 15 is 0 Å². The van der Waals surface area contributed by atoms with E-state index in [9.17, 15) is 13.2 Å².